The summed E-state index contributed by atoms with van der Waals surface area (Å²) in [5, 5.41) is 0. The standard InChI is InChI=1S/C9H15O/c1-8-5-3-2-4-6-9(10)7-8/h2-7H2,1H3. The smallest absolute Gasteiger partial charge is 0.133 e. The molecule has 0 aromatic carbocycles. The van der Waals surface area contributed by atoms with E-state index in [0.29, 0.717) is 5.78 Å². The molecule has 0 aliphatic heterocycles. The van der Waals surface area contributed by atoms with E-state index in [-0.39, 0.29) is 0 Å². The minimum atomic E-state index is 0.442. The predicted molar refractivity (Wildman–Crippen MR) is 41.6 cm³/mol. The predicted octanol–water partition coefficient (Wildman–Crippen LogP) is 2.50. The SMILES string of the molecule is C[C]1CCCCCC(=O)C1. The van der Waals surface area contributed by atoms with Crippen LogP contribution in [0.3, 0.4) is 0 Å². The molecule has 1 rings (SSSR count). The van der Waals surface area contributed by atoms with Gasteiger partial charge in [-0.2, -0.15) is 0 Å². The first-order chi connectivity index (χ1) is 4.79. The average molecular weight is 139 g/mol. The average Bonchev–Trinajstić information content (AvgIpc) is 1.83. The van der Waals surface area contributed by atoms with E-state index in [0.717, 1.165) is 19.3 Å². The molecule has 0 atom stereocenters. The second-order valence-electron chi connectivity index (χ2n) is 3.23. The summed E-state index contributed by atoms with van der Waals surface area (Å²) >= 11 is 0. The zero-order valence-electron chi connectivity index (χ0n) is 6.65. The minimum absolute atomic E-state index is 0.442. The number of rotatable bonds is 0. The molecular weight excluding hydrogens is 124 g/mol. The molecule has 1 heteroatoms. The molecule has 0 spiro atoms. The highest BCUT2D eigenvalue weighted by Gasteiger charge is 2.11. The number of hydrogen-bond donors (Lipinski definition) is 0. The van der Waals surface area contributed by atoms with Gasteiger partial charge in [0.05, 0.1) is 0 Å². The molecule has 57 valence electrons. The van der Waals surface area contributed by atoms with Crippen molar-refractivity contribution >= 4 is 5.78 Å². The number of carbonyl (C=O) groups is 1. The summed E-state index contributed by atoms with van der Waals surface area (Å²) in [6, 6.07) is 0. The maximum atomic E-state index is 11.0. The summed E-state index contributed by atoms with van der Waals surface area (Å²) in [6.45, 7) is 2.10. The van der Waals surface area contributed by atoms with Gasteiger partial charge >= 0.3 is 0 Å². The van der Waals surface area contributed by atoms with Crippen molar-refractivity contribution in [2.24, 2.45) is 0 Å². The Balaban J connectivity index is 2.32. The van der Waals surface area contributed by atoms with E-state index in [9.17, 15) is 4.79 Å². The van der Waals surface area contributed by atoms with Gasteiger partial charge in [0, 0.05) is 12.8 Å². The Morgan fingerprint density at radius 2 is 1.80 bits per heavy atom. The molecule has 0 bridgehead atoms. The highest BCUT2D eigenvalue weighted by Crippen LogP contribution is 2.20. The lowest BCUT2D eigenvalue weighted by molar-refractivity contribution is -0.119. The fourth-order valence-corrected chi connectivity index (χ4v) is 1.44. The van der Waals surface area contributed by atoms with Gasteiger partial charge in [-0.15, -0.1) is 0 Å². The number of Topliss-reactive ketones (excluding diaryl/α,β-unsaturated/α-hetero) is 1. The van der Waals surface area contributed by atoms with Gasteiger partial charge < -0.3 is 0 Å². The molecule has 0 aromatic heterocycles. The molecule has 0 aromatic rings. The zero-order chi connectivity index (χ0) is 7.40. The van der Waals surface area contributed by atoms with Crippen molar-refractivity contribution in [2.75, 3.05) is 0 Å². The molecule has 1 aliphatic rings. The monoisotopic (exact) mass is 139 g/mol. The maximum Gasteiger partial charge on any atom is 0.133 e. The van der Waals surface area contributed by atoms with Crippen LogP contribution in [0, 0.1) is 5.92 Å². The number of hydrogen-bond acceptors (Lipinski definition) is 1. The maximum absolute atomic E-state index is 11.0. The summed E-state index contributed by atoms with van der Waals surface area (Å²) in [5.74, 6) is 1.82. The lowest BCUT2D eigenvalue weighted by atomic mass is 9.92. The lowest BCUT2D eigenvalue weighted by Crippen LogP contribution is -2.06. The topological polar surface area (TPSA) is 17.1 Å². The van der Waals surface area contributed by atoms with Crippen molar-refractivity contribution < 1.29 is 4.79 Å². The van der Waals surface area contributed by atoms with E-state index in [2.05, 4.69) is 6.92 Å². The quantitative estimate of drug-likeness (QED) is 0.504. The Labute approximate surface area is 62.8 Å². The van der Waals surface area contributed by atoms with Crippen LogP contribution in [0.4, 0.5) is 0 Å². The van der Waals surface area contributed by atoms with Gasteiger partial charge in [0.1, 0.15) is 5.78 Å². The third-order valence-corrected chi connectivity index (χ3v) is 2.06. The van der Waals surface area contributed by atoms with Crippen LogP contribution >= 0.6 is 0 Å². The second-order valence-corrected chi connectivity index (χ2v) is 3.23. The van der Waals surface area contributed by atoms with E-state index < -0.39 is 0 Å². The molecule has 10 heavy (non-hydrogen) atoms. The third-order valence-electron chi connectivity index (χ3n) is 2.06. The van der Waals surface area contributed by atoms with Crippen LogP contribution < -0.4 is 0 Å². The molecule has 0 unspecified atom stereocenters. The van der Waals surface area contributed by atoms with Gasteiger partial charge in [0.25, 0.3) is 0 Å². The van der Waals surface area contributed by atoms with Gasteiger partial charge in [-0.25, -0.2) is 0 Å². The van der Waals surface area contributed by atoms with Crippen LogP contribution in [0.15, 0.2) is 0 Å². The molecule has 1 saturated carbocycles. The molecule has 1 fully saturated rings. The van der Waals surface area contributed by atoms with Gasteiger partial charge in [-0.05, 0) is 18.8 Å². The summed E-state index contributed by atoms with van der Waals surface area (Å²) in [5.41, 5.74) is 0. The molecule has 1 nitrogen and oxygen atoms in total. The molecule has 1 aliphatic carbocycles. The third kappa shape index (κ3) is 2.51. The van der Waals surface area contributed by atoms with Crippen molar-refractivity contribution in [3.05, 3.63) is 5.92 Å². The van der Waals surface area contributed by atoms with E-state index in [4.69, 9.17) is 0 Å². The van der Waals surface area contributed by atoms with Crippen molar-refractivity contribution in [2.45, 2.75) is 45.4 Å². The summed E-state index contributed by atoms with van der Waals surface area (Å²) in [4.78, 5) is 11.0. The van der Waals surface area contributed by atoms with Crippen LogP contribution in [0.25, 0.3) is 0 Å². The van der Waals surface area contributed by atoms with Crippen molar-refractivity contribution in [1.82, 2.24) is 0 Å². The molecule has 1 radical (unpaired) electrons. The van der Waals surface area contributed by atoms with Gasteiger partial charge in [0.15, 0.2) is 0 Å². The van der Waals surface area contributed by atoms with Crippen LogP contribution in [0.5, 0.6) is 0 Å². The van der Waals surface area contributed by atoms with Crippen molar-refractivity contribution in [3.63, 3.8) is 0 Å². The van der Waals surface area contributed by atoms with Crippen LogP contribution in [-0.2, 0) is 4.79 Å². The Bertz CT molecular complexity index is 118. The van der Waals surface area contributed by atoms with Crippen LogP contribution in [0.2, 0.25) is 0 Å². The molecule has 0 heterocycles. The van der Waals surface area contributed by atoms with E-state index in [1.54, 1.807) is 0 Å². The van der Waals surface area contributed by atoms with E-state index in [1.807, 2.05) is 0 Å². The first-order valence-electron chi connectivity index (χ1n) is 4.12. The minimum Gasteiger partial charge on any atom is -0.300 e. The Kier molecular flexibility index (Phi) is 2.91. The summed E-state index contributed by atoms with van der Waals surface area (Å²) in [7, 11) is 0. The highest BCUT2D eigenvalue weighted by molar-refractivity contribution is 5.80. The Hall–Kier alpha value is -0.330. The highest BCUT2D eigenvalue weighted by atomic mass is 16.1. The van der Waals surface area contributed by atoms with Crippen molar-refractivity contribution in [3.8, 4) is 0 Å². The molecule has 0 N–H and O–H groups in total. The van der Waals surface area contributed by atoms with E-state index >= 15 is 0 Å². The summed E-state index contributed by atoms with van der Waals surface area (Å²) in [6.07, 6.45) is 6.39. The van der Waals surface area contributed by atoms with Crippen molar-refractivity contribution in [1.29, 1.82) is 0 Å². The zero-order valence-corrected chi connectivity index (χ0v) is 6.65. The summed E-state index contributed by atoms with van der Waals surface area (Å²) < 4.78 is 0. The second kappa shape index (κ2) is 3.75. The normalized spacial score (nSPS) is 23.9. The first kappa shape index (κ1) is 7.77. The molecule has 0 saturated heterocycles. The first-order valence-corrected chi connectivity index (χ1v) is 4.12. The fraction of sp³-hybridized carbons (Fsp3) is 0.778. The molecule has 0 amide bonds. The van der Waals surface area contributed by atoms with Crippen LogP contribution in [-0.4, -0.2) is 5.78 Å². The van der Waals surface area contributed by atoms with Gasteiger partial charge in [-0.1, -0.05) is 19.8 Å². The van der Waals surface area contributed by atoms with Gasteiger partial charge in [-0.3, -0.25) is 4.79 Å². The molecular formula is C9H15O. The van der Waals surface area contributed by atoms with Crippen LogP contribution in [0.1, 0.15) is 45.4 Å². The fourth-order valence-electron chi connectivity index (χ4n) is 1.44. The largest absolute Gasteiger partial charge is 0.300 e. The van der Waals surface area contributed by atoms with E-state index in [1.165, 1.54) is 25.2 Å². The number of carbonyl (C=O) groups excluding carboxylic acids is 1. The number of ketones is 1. The van der Waals surface area contributed by atoms with Gasteiger partial charge in [0.2, 0.25) is 0 Å². The Morgan fingerprint density at radius 1 is 1.10 bits per heavy atom. The Morgan fingerprint density at radius 3 is 2.60 bits per heavy atom. The lowest BCUT2D eigenvalue weighted by Gasteiger charge is -2.12.